The molecule has 7 heteroatoms. The summed E-state index contributed by atoms with van der Waals surface area (Å²) >= 11 is 0. The largest absolute Gasteiger partial charge is 0.342 e. The van der Waals surface area contributed by atoms with Gasteiger partial charge in [0, 0.05) is 37.2 Å². The summed E-state index contributed by atoms with van der Waals surface area (Å²) in [4.78, 5) is 19.1. The van der Waals surface area contributed by atoms with Crippen LogP contribution in [0.1, 0.15) is 75.8 Å². The third-order valence-electron chi connectivity index (χ3n) is 4.62. The Hall–Kier alpha value is -2.18. The minimum Gasteiger partial charge on any atom is -0.342 e. The molecule has 0 aliphatic carbocycles. The van der Waals surface area contributed by atoms with E-state index in [9.17, 15) is 4.79 Å². The minimum absolute atomic E-state index is 0.117. The molecule has 25 heavy (non-hydrogen) atoms. The second-order valence-electron chi connectivity index (χ2n) is 7.38. The molecule has 0 spiro atoms. The molecule has 0 N–H and O–H groups in total. The predicted molar refractivity (Wildman–Crippen MR) is 93.3 cm³/mol. The molecule has 3 rings (SSSR count). The molecule has 1 amide bonds. The molecule has 0 saturated carbocycles. The number of hydrogen-bond donors (Lipinski definition) is 0. The molecule has 1 aliphatic heterocycles. The molecule has 3 heterocycles. The van der Waals surface area contributed by atoms with Crippen LogP contribution in [0.4, 0.5) is 0 Å². The van der Waals surface area contributed by atoms with Gasteiger partial charge in [-0.15, -0.1) is 0 Å². The van der Waals surface area contributed by atoms with Gasteiger partial charge in [0.2, 0.25) is 11.8 Å². The van der Waals surface area contributed by atoms with Gasteiger partial charge < -0.3 is 9.42 Å². The second kappa shape index (κ2) is 7.37. The highest BCUT2D eigenvalue weighted by Gasteiger charge is 2.28. The van der Waals surface area contributed by atoms with Gasteiger partial charge in [-0.2, -0.15) is 10.1 Å². The van der Waals surface area contributed by atoms with Crippen molar-refractivity contribution in [3.05, 3.63) is 29.7 Å². The molecule has 0 bridgehead atoms. The molecule has 2 aromatic heterocycles. The predicted octanol–water partition coefficient (Wildman–Crippen LogP) is 2.92. The lowest BCUT2D eigenvalue weighted by molar-refractivity contribution is -0.131. The minimum atomic E-state index is 0.117. The molecule has 1 aliphatic rings. The zero-order valence-corrected chi connectivity index (χ0v) is 15.5. The van der Waals surface area contributed by atoms with Gasteiger partial charge in [0.05, 0.1) is 12.1 Å². The maximum atomic E-state index is 12.6. The summed E-state index contributed by atoms with van der Waals surface area (Å²) in [5.41, 5.74) is 0.822. The van der Waals surface area contributed by atoms with Crippen molar-refractivity contribution in [2.45, 2.75) is 64.8 Å². The Morgan fingerprint density at radius 3 is 2.80 bits per heavy atom. The van der Waals surface area contributed by atoms with Crippen molar-refractivity contribution in [3.8, 4) is 0 Å². The number of hydrogen-bond acceptors (Lipinski definition) is 5. The summed E-state index contributed by atoms with van der Waals surface area (Å²) < 4.78 is 7.20. The van der Waals surface area contributed by atoms with Crippen molar-refractivity contribution in [3.63, 3.8) is 0 Å². The Balaban J connectivity index is 1.62. The van der Waals surface area contributed by atoms with E-state index in [4.69, 9.17) is 4.52 Å². The molecular weight excluding hydrogens is 318 g/mol. The molecule has 1 atom stereocenters. The van der Waals surface area contributed by atoms with Crippen LogP contribution in [-0.4, -0.2) is 43.8 Å². The first-order chi connectivity index (χ1) is 11.9. The maximum absolute atomic E-state index is 12.6. The number of carbonyl (C=O) groups excluding carboxylic acids is 1. The van der Waals surface area contributed by atoms with Crippen LogP contribution < -0.4 is 0 Å². The van der Waals surface area contributed by atoms with Gasteiger partial charge in [-0.3, -0.25) is 9.48 Å². The standard InChI is InChI=1S/C18H27N5O2/c1-12(2)18-19-17(21-25-18)14-6-5-8-22(11-14)16(24)10-15-7-9-23(20-15)13(3)4/h7,9,12-14H,5-6,8,10-11H2,1-4H3. The number of carbonyl (C=O) groups is 1. The fraction of sp³-hybridized carbons (Fsp3) is 0.667. The molecular formula is C18H27N5O2. The summed E-state index contributed by atoms with van der Waals surface area (Å²) in [6.07, 6.45) is 4.22. The second-order valence-corrected chi connectivity index (χ2v) is 7.38. The lowest BCUT2D eigenvalue weighted by Gasteiger charge is -2.31. The van der Waals surface area contributed by atoms with Crippen LogP contribution in [0.3, 0.4) is 0 Å². The van der Waals surface area contributed by atoms with Crippen LogP contribution in [0.2, 0.25) is 0 Å². The fourth-order valence-corrected chi connectivity index (χ4v) is 3.09. The smallest absolute Gasteiger partial charge is 0.229 e. The van der Waals surface area contributed by atoms with E-state index in [1.54, 1.807) is 0 Å². The molecule has 136 valence electrons. The van der Waals surface area contributed by atoms with Crippen molar-refractivity contribution < 1.29 is 9.32 Å². The van der Waals surface area contributed by atoms with Gasteiger partial charge in [-0.1, -0.05) is 19.0 Å². The molecule has 7 nitrogen and oxygen atoms in total. The number of amides is 1. The topological polar surface area (TPSA) is 77.1 Å². The number of piperidine rings is 1. The Labute approximate surface area is 148 Å². The van der Waals surface area contributed by atoms with Crippen LogP contribution in [0.15, 0.2) is 16.8 Å². The van der Waals surface area contributed by atoms with Gasteiger partial charge in [0.15, 0.2) is 5.82 Å². The molecule has 0 aromatic carbocycles. The highest BCUT2D eigenvalue weighted by Crippen LogP contribution is 2.26. The van der Waals surface area contributed by atoms with Crippen molar-refractivity contribution in [2.75, 3.05) is 13.1 Å². The Morgan fingerprint density at radius 2 is 2.16 bits per heavy atom. The quantitative estimate of drug-likeness (QED) is 0.833. The summed E-state index contributed by atoms with van der Waals surface area (Å²) in [5.74, 6) is 1.88. The van der Waals surface area contributed by atoms with E-state index in [0.717, 1.165) is 30.9 Å². The first-order valence-electron chi connectivity index (χ1n) is 9.09. The highest BCUT2D eigenvalue weighted by molar-refractivity contribution is 5.78. The number of nitrogens with zero attached hydrogens (tertiary/aromatic N) is 5. The highest BCUT2D eigenvalue weighted by atomic mass is 16.5. The first kappa shape index (κ1) is 17.6. The van der Waals surface area contributed by atoms with Crippen molar-refractivity contribution in [1.82, 2.24) is 24.8 Å². The summed E-state index contributed by atoms with van der Waals surface area (Å²) in [5, 5.41) is 8.60. The monoisotopic (exact) mass is 345 g/mol. The molecule has 1 unspecified atom stereocenters. The lowest BCUT2D eigenvalue weighted by Crippen LogP contribution is -2.40. The van der Waals surface area contributed by atoms with E-state index in [1.807, 2.05) is 35.7 Å². The van der Waals surface area contributed by atoms with E-state index >= 15 is 0 Å². The lowest BCUT2D eigenvalue weighted by atomic mass is 9.97. The normalized spacial score (nSPS) is 18.3. The van der Waals surface area contributed by atoms with Gasteiger partial charge in [-0.25, -0.2) is 0 Å². The fourth-order valence-electron chi connectivity index (χ4n) is 3.09. The maximum Gasteiger partial charge on any atom is 0.229 e. The van der Waals surface area contributed by atoms with Gasteiger partial charge in [-0.05, 0) is 32.8 Å². The van der Waals surface area contributed by atoms with Gasteiger partial charge >= 0.3 is 0 Å². The van der Waals surface area contributed by atoms with Crippen LogP contribution in [0.25, 0.3) is 0 Å². The van der Waals surface area contributed by atoms with Crippen molar-refractivity contribution >= 4 is 5.91 Å². The number of rotatable bonds is 5. The van der Waals surface area contributed by atoms with E-state index in [1.165, 1.54) is 0 Å². The average molecular weight is 345 g/mol. The first-order valence-corrected chi connectivity index (χ1v) is 9.09. The number of likely N-dealkylation sites (tertiary alicyclic amines) is 1. The van der Waals surface area contributed by atoms with Crippen molar-refractivity contribution in [2.24, 2.45) is 0 Å². The molecule has 1 saturated heterocycles. The van der Waals surface area contributed by atoms with Gasteiger partial charge in [0.1, 0.15) is 0 Å². The zero-order chi connectivity index (χ0) is 18.0. The third-order valence-corrected chi connectivity index (χ3v) is 4.62. The summed E-state index contributed by atoms with van der Waals surface area (Å²) in [7, 11) is 0. The van der Waals surface area contributed by atoms with E-state index in [-0.39, 0.29) is 17.7 Å². The Morgan fingerprint density at radius 1 is 1.36 bits per heavy atom. The van der Waals surface area contributed by atoms with E-state index in [2.05, 4.69) is 29.1 Å². The SMILES string of the molecule is CC(C)c1nc(C2CCCN(C(=O)Cc3ccn(C(C)C)n3)C2)no1. The third kappa shape index (κ3) is 4.08. The van der Waals surface area contributed by atoms with Crippen molar-refractivity contribution in [1.29, 1.82) is 0 Å². The Kier molecular flexibility index (Phi) is 5.20. The molecule has 1 fully saturated rings. The molecule has 2 aromatic rings. The van der Waals surface area contributed by atoms with Crippen LogP contribution in [-0.2, 0) is 11.2 Å². The summed E-state index contributed by atoms with van der Waals surface area (Å²) in [6.45, 7) is 9.65. The average Bonchev–Trinajstić information content (AvgIpc) is 3.24. The van der Waals surface area contributed by atoms with Crippen LogP contribution in [0.5, 0.6) is 0 Å². The van der Waals surface area contributed by atoms with E-state index < -0.39 is 0 Å². The van der Waals surface area contributed by atoms with Gasteiger partial charge in [0.25, 0.3) is 0 Å². The van der Waals surface area contributed by atoms with E-state index in [0.29, 0.717) is 24.9 Å². The number of aromatic nitrogens is 4. The Bertz CT molecular complexity index is 719. The van der Waals surface area contributed by atoms with Crippen LogP contribution >= 0.6 is 0 Å². The zero-order valence-electron chi connectivity index (χ0n) is 15.5. The molecule has 0 radical (unpaired) electrons. The van der Waals surface area contributed by atoms with Crippen LogP contribution in [0, 0.1) is 0 Å². The summed E-state index contributed by atoms with van der Waals surface area (Å²) in [6, 6.07) is 2.23.